The highest BCUT2D eigenvalue weighted by Crippen LogP contribution is 2.25. The number of thiazole rings is 1. The van der Waals surface area contributed by atoms with E-state index in [2.05, 4.69) is 22.1 Å². The van der Waals surface area contributed by atoms with Crippen LogP contribution in [0.25, 0.3) is 21.5 Å². The first-order chi connectivity index (χ1) is 7.34. The maximum atomic E-state index is 4.26. The molecule has 15 heavy (non-hydrogen) atoms. The Morgan fingerprint density at radius 2 is 2.27 bits per heavy atom. The minimum atomic E-state index is 1.06. The SMILES string of the molecule is Cn1cncc1-c1ccc2ncsc2c1. The van der Waals surface area contributed by atoms with E-state index in [0.29, 0.717) is 0 Å². The van der Waals surface area contributed by atoms with Gasteiger partial charge in [0.05, 0.1) is 33.9 Å². The standard InChI is InChI=1S/C11H9N3S/c1-14-6-12-5-10(14)8-2-3-9-11(4-8)15-7-13-9/h2-7H,1H3. The number of fused-ring (bicyclic) bond motifs is 1. The second-order valence-corrected chi connectivity index (χ2v) is 4.31. The molecule has 0 amide bonds. The van der Waals surface area contributed by atoms with Gasteiger partial charge in [-0.3, -0.25) is 0 Å². The fourth-order valence-electron chi connectivity index (χ4n) is 1.65. The van der Waals surface area contributed by atoms with Crippen molar-refractivity contribution in [2.24, 2.45) is 7.05 Å². The summed E-state index contributed by atoms with van der Waals surface area (Å²) in [4.78, 5) is 8.38. The fraction of sp³-hybridized carbons (Fsp3) is 0.0909. The van der Waals surface area contributed by atoms with E-state index in [1.165, 1.54) is 10.3 Å². The van der Waals surface area contributed by atoms with Crippen molar-refractivity contribution in [3.05, 3.63) is 36.2 Å². The van der Waals surface area contributed by atoms with Gasteiger partial charge in [0.2, 0.25) is 0 Å². The van der Waals surface area contributed by atoms with Gasteiger partial charge in [0, 0.05) is 12.6 Å². The van der Waals surface area contributed by atoms with Crippen LogP contribution in [0.1, 0.15) is 0 Å². The molecule has 0 saturated carbocycles. The second-order valence-electron chi connectivity index (χ2n) is 3.42. The van der Waals surface area contributed by atoms with E-state index in [4.69, 9.17) is 0 Å². The first-order valence-electron chi connectivity index (χ1n) is 4.64. The molecule has 0 spiro atoms. The van der Waals surface area contributed by atoms with Gasteiger partial charge in [-0.2, -0.15) is 0 Å². The molecule has 0 atom stereocenters. The van der Waals surface area contributed by atoms with Gasteiger partial charge in [-0.25, -0.2) is 9.97 Å². The van der Waals surface area contributed by atoms with Gasteiger partial charge in [0.25, 0.3) is 0 Å². The minimum Gasteiger partial charge on any atom is -0.334 e. The molecule has 0 aliphatic rings. The van der Waals surface area contributed by atoms with Crippen molar-refractivity contribution in [2.75, 3.05) is 0 Å². The maximum absolute atomic E-state index is 4.26. The van der Waals surface area contributed by atoms with Gasteiger partial charge in [0.15, 0.2) is 0 Å². The average molecular weight is 215 g/mol. The van der Waals surface area contributed by atoms with Crippen molar-refractivity contribution in [2.45, 2.75) is 0 Å². The zero-order valence-corrected chi connectivity index (χ0v) is 9.03. The molecule has 0 aliphatic carbocycles. The number of aryl methyl sites for hydroxylation is 1. The van der Waals surface area contributed by atoms with Gasteiger partial charge < -0.3 is 4.57 Å². The third-order valence-corrected chi connectivity index (χ3v) is 3.24. The van der Waals surface area contributed by atoms with E-state index in [0.717, 1.165) is 11.2 Å². The molecule has 0 saturated heterocycles. The molecular weight excluding hydrogens is 206 g/mol. The molecule has 4 heteroatoms. The second kappa shape index (κ2) is 3.17. The third-order valence-electron chi connectivity index (χ3n) is 2.44. The number of hydrogen-bond donors (Lipinski definition) is 0. The van der Waals surface area contributed by atoms with Crippen molar-refractivity contribution < 1.29 is 0 Å². The van der Waals surface area contributed by atoms with E-state index in [-0.39, 0.29) is 0 Å². The van der Waals surface area contributed by atoms with Crippen LogP contribution in [-0.2, 0) is 7.05 Å². The summed E-state index contributed by atoms with van der Waals surface area (Å²) < 4.78 is 3.23. The summed E-state index contributed by atoms with van der Waals surface area (Å²) in [5.41, 5.74) is 5.25. The van der Waals surface area contributed by atoms with Gasteiger partial charge in [-0.15, -0.1) is 11.3 Å². The third kappa shape index (κ3) is 1.34. The monoisotopic (exact) mass is 215 g/mol. The molecule has 1 aromatic carbocycles. The van der Waals surface area contributed by atoms with Crippen molar-refractivity contribution in [1.82, 2.24) is 14.5 Å². The first-order valence-corrected chi connectivity index (χ1v) is 5.52. The lowest BCUT2D eigenvalue weighted by Gasteiger charge is -2.01. The molecule has 0 bridgehead atoms. The summed E-state index contributed by atoms with van der Waals surface area (Å²) in [6.45, 7) is 0. The van der Waals surface area contributed by atoms with Gasteiger partial charge in [-0.05, 0) is 12.1 Å². The lowest BCUT2D eigenvalue weighted by molar-refractivity contribution is 0.922. The van der Waals surface area contributed by atoms with Gasteiger partial charge >= 0.3 is 0 Å². The van der Waals surface area contributed by atoms with Gasteiger partial charge in [0.1, 0.15) is 0 Å². The Balaban J connectivity index is 2.23. The summed E-state index contributed by atoms with van der Waals surface area (Å²) in [7, 11) is 2.00. The molecule has 74 valence electrons. The Hall–Kier alpha value is -1.68. The normalized spacial score (nSPS) is 11.0. The molecule has 2 aromatic heterocycles. The van der Waals surface area contributed by atoms with E-state index >= 15 is 0 Å². The van der Waals surface area contributed by atoms with E-state index in [1.54, 1.807) is 11.3 Å². The number of aromatic nitrogens is 3. The van der Waals surface area contributed by atoms with Crippen molar-refractivity contribution in [3.63, 3.8) is 0 Å². The van der Waals surface area contributed by atoms with Crippen LogP contribution < -0.4 is 0 Å². The van der Waals surface area contributed by atoms with Crippen LogP contribution in [0, 0.1) is 0 Å². The Morgan fingerprint density at radius 1 is 1.33 bits per heavy atom. The Labute approximate surface area is 91.0 Å². The average Bonchev–Trinajstić information content (AvgIpc) is 2.84. The zero-order valence-electron chi connectivity index (χ0n) is 8.21. The molecule has 3 nitrogen and oxygen atoms in total. The van der Waals surface area contributed by atoms with Crippen LogP contribution in [-0.4, -0.2) is 14.5 Å². The summed E-state index contributed by atoms with van der Waals surface area (Å²) in [6, 6.07) is 6.29. The highest BCUT2D eigenvalue weighted by atomic mass is 32.1. The largest absolute Gasteiger partial charge is 0.334 e. The molecule has 2 heterocycles. The van der Waals surface area contributed by atoms with E-state index < -0.39 is 0 Å². The highest BCUT2D eigenvalue weighted by molar-refractivity contribution is 7.16. The van der Waals surface area contributed by atoms with Crippen molar-refractivity contribution in [3.8, 4) is 11.3 Å². The lowest BCUT2D eigenvalue weighted by Crippen LogP contribution is -1.88. The summed E-state index contributed by atoms with van der Waals surface area (Å²) in [6.07, 6.45) is 3.69. The van der Waals surface area contributed by atoms with Crippen molar-refractivity contribution in [1.29, 1.82) is 0 Å². The summed E-state index contributed by atoms with van der Waals surface area (Å²) >= 11 is 1.66. The molecule has 3 aromatic rings. The zero-order chi connectivity index (χ0) is 10.3. The number of benzene rings is 1. The van der Waals surface area contributed by atoms with E-state index in [1.807, 2.05) is 35.7 Å². The van der Waals surface area contributed by atoms with Crippen LogP contribution in [0.15, 0.2) is 36.2 Å². The van der Waals surface area contributed by atoms with Crippen LogP contribution >= 0.6 is 11.3 Å². The topological polar surface area (TPSA) is 30.7 Å². The van der Waals surface area contributed by atoms with Crippen LogP contribution in [0.2, 0.25) is 0 Å². The number of imidazole rings is 1. The fourth-order valence-corrected chi connectivity index (χ4v) is 2.37. The predicted octanol–water partition coefficient (Wildman–Crippen LogP) is 2.70. The van der Waals surface area contributed by atoms with Crippen LogP contribution in [0.4, 0.5) is 0 Å². The van der Waals surface area contributed by atoms with Crippen LogP contribution in [0.5, 0.6) is 0 Å². The Morgan fingerprint density at radius 3 is 3.07 bits per heavy atom. The number of hydrogen-bond acceptors (Lipinski definition) is 3. The number of nitrogens with zero attached hydrogens (tertiary/aromatic N) is 3. The minimum absolute atomic E-state index is 1.06. The smallest absolute Gasteiger partial charge is 0.0948 e. The number of rotatable bonds is 1. The lowest BCUT2D eigenvalue weighted by atomic mass is 10.1. The quantitative estimate of drug-likeness (QED) is 0.625. The highest BCUT2D eigenvalue weighted by Gasteiger charge is 2.04. The molecule has 0 unspecified atom stereocenters. The summed E-state index contributed by atoms with van der Waals surface area (Å²) in [5, 5.41) is 0. The molecule has 0 aliphatic heterocycles. The predicted molar refractivity (Wildman–Crippen MR) is 61.8 cm³/mol. The van der Waals surface area contributed by atoms with Gasteiger partial charge in [-0.1, -0.05) is 6.07 Å². The van der Waals surface area contributed by atoms with Crippen LogP contribution in [0.3, 0.4) is 0 Å². The molecule has 0 fully saturated rings. The summed E-state index contributed by atoms with van der Waals surface area (Å²) in [5.74, 6) is 0. The Kier molecular flexibility index (Phi) is 1.82. The molecular formula is C11H9N3S. The van der Waals surface area contributed by atoms with E-state index in [9.17, 15) is 0 Å². The Bertz CT molecular complexity index is 609. The maximum Gasteiger partial charge on any atom is 0.0948 e. The van der Waals surface area contributed by atoms with Crippen molar-refractivity contribution >= 4 is 21.6 Å². The molecule has 3 rings (SSSR count). The molecule has 0 radical (unpaired) electrons. The first kappa shape index (κ1) is 8.61. The molecule has 0 N–H and O–H groups in total.